The van der Waals surface area contributed by atoms with Gasteiger partial charge in [-0.2, -0.15) is 0 Å². The standard InChI is InChI=1S/C17H19N5O3/c1-3-21-13-5-4-7-18-15(13)22(17(21)24)12-6-8-20(9-12)16(23)14-11(2)19-10-25-14/h4-5,7,10,12H,3,6,8-9H2,1-2H3/t12-/m1/s1. The number of oxazole rings is 1. The van der Waals surface area contributed by atoms with Crippen molar-refractivity contribution in [1.29, 1.82) is 0 Å². The summed E-state index contributed by atoms with van der Waals surface area (Å²) in [6.07, 6.45) is 3.67. The highest BCUT2D eigenvalue weighted by molar-refractivity contribution is 5.92. The number of amides is 1. The van der Waals surface area contributed by atoms with Crippen LogP contribution >= 0.6 is 0 Å². The lowest BCUT2D eigenvalue weighted by Gasteiger charge is -2.15. The molecule has 1 aliphatic rings. The first kappa shape index (κ1) is 15.6. The van der Waals surface area contributed by atoms with Crippen LogP contribution in [0.4, 0.5) is 0 Å². The summed E-state index contributed by atoms with van der Waals surface area (Å²) < 4.78 is 8.64. The van der Waals surface area contributed by atoms with Crippen LogP contribution in [0.25, 0.3) is 11.2 Å². The van der Waals surface area contributed by atoms with Crippen LogP contribution in [-0.2, 0) is 6.54 Å². The van der Waals surface area contributed by atoms with Crippen LogP contribution in [0.2, 0.25) is 0 Å². The van der Waals surface area contributed by atoms with Gasteiger partial charge in [-0.1, -0.05) is 0 Å². The fraction of sp³-hybridized carbons (Fsp3) is 0.412. The maximum absolute atomic E-state index is 12.8. The van der Waals surface area contributed by atoms with Crippen LogP contribution in [0.3, 0.4) is 0 Å². The number of carbonyl (C=O) groups excluding carboxylic acids is 1. The molecule has 0 bridgehead atoms. The molecule has 0 radical (unpaired) electrons. The fourth-order valence-corrected chi connectivity index (χ4v) is 3.53. The molecule has 0 spiro atoms. The molecule has 1 saturated heterocycles. The van der Waals surface area contributed by atoms with Gasteiger partial charge >= 0.3 is 5.69 Å². The summed E-state index contributed by atoms with van der Waals surface area (Å²) in [6, 6.07) is 3.64. The first-order valence-electron chi connectivity index (χ1n) is 8.37. The maximum Gasteiger partial charge on any atom is 0.330 e. The minimum absolute atomic E-state index is 0.0775. The van der Waals surface area contributed by atoms with Crippen LogP contribution in [0.1, 0.15) is 35.6 Å². The maximum atomic E-state index is 12.8. The van der Waals surface area contributed by atoms with E-state index in [1.54, 1.807) is 27.2 Å². The Bertz CT molecular complexity index is 999. The molecule has 4 rings (SSSR count). The molecular formula is C17H19N5O3. The van der Waals surface area contributed by atoms with Crippen LogP contribution in [0.5, 0.6) is 0 Å². The molecule has 8 heteroatoms. The van der Waals surface area contributed by atoms with Gasteiger partial charge in [-0.3, -0.25) is 13.9 Å². The predicted octanol–water partition coefficient (Wildman–Crippen LogP) is 1.60. The molecule has 3 aromatic rings. The van der Waals surface area contributed by atoms with Gasteiger partial charge in [-0.05, 0) is 32.4 Å². The lowest BCUT2D eigenvalue weighted by atomic mass is 10.2. The van der Waals surface area contributed by atoms with Gasteiger partial charge in [-0.25, -0.2) is 14.8 Å². The topological polar surface area (TPSA) is 86.2 Å². The van der Waals surface area contributed by atoms with Crippen molar-refractivity contribution in [2.24, 2.45) is 0 Å². The molecule has 4 heterocycles. The van der Waals surface area contributed by atoms with Crippen molar-refractivity contribution in [2.45, 2.75) is 32.9 Å². The van der Waals surface area contributed by atoms with Crippen molar-refractivity contribution in [3.05, 3.63) is 46.7 Å². The minimum Gasteiger partial charge on any atom is -0.438 e. The number of fused-ring (bicyclic) bond motifs is 1. The van der Waals surface area contributed by atoms with E-state index in [1.807, 2.05) is 19.1 Å². The summed E-state index contributed by atoms with van der Waals surface area (Å²) >= 11 is 0. The second-order valence-electron chi connectivity index (χ2n) is 6.20. The quantitative estimate of drug-likeness (QED) is 0.722. The summed E-state index contributed by atoms with van der Waals surface area (Å²) in [4.78, 5) is 35.5. The second kappa shape index (κ2) is 5.87. The predicted molar refractivity (Wildman–Crippen MR) is 90.5 cm³/mol. The van der Waals surface area contributed by atoms with Gasteiger partial charge in [0.15, 0.2) is 12.0 Å². The number of carbonyl (C=O) groups is 1. The van der Waals surface area contributed by atoms with Crippen molar-refractivity contribution in [2.75, 3.05) is 13.1 Å². The molecule has 1 atom stereocenters. The third-order valence-electron chi connectivity index (χ3n) is 4.79. The Morgan fingerprint density at radius 3 is 2.96 bits per heavy atom. The number of imidazole rings is 1. The number of hydrogen-bond donors (Lipinski definition) is 0. The molecule has 0 aromatic carbocycles. The Balaban J connectivity index is 1.68. The van der Waals surface area contributed by atoms with Crippen molar-refractivity contribution in [3.8, 4) is 0 Å². The van der Waals surface area contributed by atoms with E-state index in [1.165, 1.54) is 6.39 Å². The molecule has 0 aliphatic carbocycles. The number of rotatable bonds is 3. The molecule has 1 aliphatic heterocycles. The highest BCUT2D eigenvalue weighted by atomic mass is 16.3. The zero-order valence-corrected chi connectivity index (χ0v) is 14.2. The van der Waals surface area contributed by atoms with Gasteiger partial charge in [0.05, 0.1) is 17.3 Å². The minimum atomic E-state index is -0.183. The van der Waals surface area contributed by atoms with Crippen LogP contribution < -0.4 is 5.69 Å². The summed E-state index contributed by atoms with van der Waals surface area (Å²) in [7, 11) is 0. The molecule has 1 fully saturated rings. The number of pyridine rings is 1. The van der Waals surface area contributed by atoms with Gasteiger partial charge in [-0.15, -0.1) is 0 Å². The second-order valence-corrected chi connectivity index (χ2v) is 6.20. The monoisotopic (exact) mass is 341 g/mol. The third kappa shape index (κ3) is 2.36. The Kier molecular flexibility index (Phi) is 3.67. The largest absolute Gasteiger partial charge is 0.438 e. The Labute approximate surface area is 143 Å². The van der Waals surface area contributed by atoms with Crippen molar-refractivity contribution in [1.82, 2.24) is 24.0 Å². The third-order valence-corrected chi connectivity index (χ3v) is 4.79. The molecule has 0 saturated carbocycles. The van der Waals surface area contributed by atoms with Gasteiger partial charge in [0, 0.05) is 25.8 Å². The average molecular weight is 341 g/mol. The molecular weight excluding hydrogens is 322 g/mol. The number of likely N-dealkylation sites (tertiary alicyclic amines) is 1. The van der Waals surface area contributed by atoms with E-state index in [4.69, 9.17) is 4.42 Å². The van der Waals surface area contributed by atoms with Crippen molar-refractivity contribution in [3.63, 3.8) is 0 Å². The van der Waals surface area contributed by atoms with Crippen LogP contribution in [0.15, 0.2) is 33.9 Å². The van der Waals surface area contributed by atoms with Gasteiger partial charge in [0.25, 0.3) is 5.91 Å². The van der Waals surface area contributed by atoms with Gasteiger partial charge < -0.3 is 9.32 Å². The number of aromatic nitrogens is 4. The summed E-state index contributed by atoms with van der Waals surface area (Å²) in [5, 5.41) is 0. The summed E-state index contributed by atoms with van der Waals surface area (Å²) in [6.45, 7) is 5.30. The van der Waals surface area contributed by atoms with E-state index >= 15 is 0 Å². The number of hydrogen-bond acceptors (Lipinski definition) is 5. The zero-order valence-electron chi connectivity index (χ0n) is 14.2. The Morgan fingerprint density at radius 1 is 1.40 bits per heavy atom. The molecule has 0 N–H and O–H groups in total. The summed E-state index contributed by atoms with van der Waals surface area (Å²) in [5.41, 5.74) is 2.00. The van der Waals surface area contributed by atoms with Gasteiger partial charge in [0.1, 0.15) is 0 Å². The first-order chi connectivity index (χ1) is 12.1. The smallest absolute Gasteiger partial charge is 0.330 e. The van der Waals surface area contributed by atoms with E-state index in [0.29, 0.717) is 37.4 Å². The molecule has 130 valence electrons. The zero-order chi connectivity index (χ0) is 17.6. The van der Waals surface area contributed by atoms with Crippen molar-refractivity contribution >= 4 is 17.1 Å². The van der Waals surface area contributed by atoms with E-state index in [-0.39, 0.29) is 23.4 Å². The lowest BCUT2D eigenvalue weighted by molar-refractivity contribution is 0.0755. The Hall–Kier alpha value is -2.90. The Morgan fingerprint density at radius 2 is 2.24 bits per heavy atom. The van der Waals surface area contributed by atoms with E-state index < -0.39 is 0 Å². The summed E-state index contributed by atoms with van der Waals surface area (Å²) in [5.74, 6) is 0.0832. The molecule has 0 unspecified atom stereocenters. The first-order valence-corrected chi connectivity index (χ1v) is 8.37. The molecule has 3 aromatic heterocycles. The average Bonchev–Trinajstić information content (AvgIpc) is 3.31. The molecule has 8 nitrogen and oxygen atoms in total. The normalized spacial score (nSPS) is 17.5. The van der Waals surface area contributed by atoms with E-state index in [2.05, 4.69) is 9.97 Å². The van der Waals surface area contributed by atoms with Crippen LogP contribution in [0, 0.1) is 6.92 Å². The fourth-order valence-electron chi connectivity index (χ4n) is 3.53. The van der Waals surface area contributed by atoms with Crippen LogP contribution in [-0.4, -0.2) is 43.0 Å². The number of nitrogens with zero attached hydrogens (tertiary/aromatic N) is 5. The number of aryl methyl sites for hydroxylation is 2. The highest BCUT2D eigenvalue weighted by Crippen LogP contribution is 2.25. The van der Waals surface area contributed by atoms with E-state index in [0.717, 1.165) is 5.52 Å². The van der Waals surface area contributed by atoms with Crippen molar-refractivity contribution < 1.29 is 9.21 Å². The lowest BCUT2D eigenvalue weighted by Crippen LogP contribution is -2.32. The molecule has 25 heavy (non-hydrogen) atoms. The SMILES string of the molecule is CCn1c(=O)n([C@@H]2CCN(C(=O)c3ocnc3C)C2)c2ncccc21. The van der Waals surface area contributed by atoms with E-state index in [9.17, 15) is 9.59 Å². The van der Waals surface area contributed by atoms with Gasteiger partial charge in [0.2, 0.25) is 5.76 Å². The highest BCUT2D eigenvalue weighted by Gasteiger charge is 2.32. The molecule has 1 amide bonds.